The Hall–Kier alpha value is -3.37. The van der Waals surface area contributed by atoms with Crippen LogP contribution in [0.15, 0.2) is 36.5 Å². The van der Waals surface area contributed by atoms with E-state index < -0.39 is 11.6 Å². The van der Waals surface area contributed by atoms with Gasteiger partial charge in [0.15, 0.2) is 11.6 Å². The van der Waals surface area contributed by atoms with Crippen LogP contribution in [0.1, 0.15) is 41.7 Å². The number of hydrogen-bond acceptors (Lipinski definition) is 7. The summed E-state index contributed by atoms with van der Waals surface area (Å²) >= 11 is 0. The Morgan fingerprint density at radius 3 is 2.74 bits per heavy atom. The fourth-order valence-electron chi connectivity index (χ4n) is 5.80. The number of rotatable bonds is 5. The number of hydrogen-bond donors (Lipinski definition) is 1. The molecule has 6 rings (SSSR count). The lowest BCUT2D eigenvalue weighted by atomic mass is 10.0. The summed E-state index contributed by atoms with van der Waals surface area (Å²) in [6.07, 6.45) is 4.05. The van der Waals surface area contributed by atoms with Gasteiger partial charge < -0.3 is 19.9 Å². The predicted octanol–water partition coefficient (Wildman–Crippen LogP) is 3.84. The van der Waals surface area contributed by atoms with Crippen molar-refractivity contribution < 1.29 is 18.3 Å². The smallest absolute Gasteiger partial charge is 0.254 e. The number of benzene rings is 2. The van der Waals surface area contributed by atoms with Crippen LogP contribution in [0.4, 0.5) is 20.3 Å². The minimum absolute atomic E-state index is 0.0150. The number of nitrogens with one attached hydrogen (secondary N) is 1. The highest BCUT2D eigenvalue weighted by molar-refractivity contribution is 5.98. The zero-order chi connectivity index (χ0) is 26.2. The summed E-state index contributed by atoms with van der Waals surface area (Å²) in [6.45, 7) is 8.07. The van der Waals surface area contributed by atoms with Gasteiger partial charge in [-0.15, -0.1) is 0 Å². The normalized spacial score (nSPS) is 21.0. The van der Waals surface area contributed by atoms with Gasteiger partial charge in [0, 0.05) is 61.6 Å². The number of aromatic nitrogens is 2. The van der Waals surface area contributed by atoms with E-state index in [-0.39, 0.29) is 11.9 Å². The van der Waals surface area contributed by atoms with E-state index in [0.717, 1.165) is 62.7 Å². The molecule has 1 aromatic heterocycles. The molecule has 0 bridgehead atoms. The SMILES string of the molecule is CC(Nc1ccc(F)c(F)c1)c1cc(C(=O)N2CCN3CCC[C@H]3C2)cc2ncc(N3CCOCC3)nc12. The zero-order valence-electron chi connectivity index (χ0n) is 21.5. The van der Waals surface area contributed by atoms with Gasteiger partial charge in [0.25, 0.3) is 5.91 Å². The Bertz CT molecular complexity index is 1350. The summed E-state index contributed by atoms with van der Waals surface area (Å²) < 4.78 is 32.9. The first-order valence-electron chi connectivity index (χ1n) is 13.3. The van der Waals surface area contributed by atoms with Gasteiger partial charge in [-0.1, -0.05) is 0 Å². The van der Waals surface area contributed by atoms with Crippen molar-refractivity contribution in [2.24, 2.45) is 0 Å². The minimum atomic E-state index is -0.920. The zero-order valence-corrected chi connectivity index (χ0v) is 21.5. The second-order valence-corrected chi connectivity index (χ2v) is 10.3. The van der Waals surface area contributed by atoms with Gasteiger partial charge in [0.05, 0.1) is 36.5 Å². The third kappa shape index (κ3) is 4.90. The summed E-state index contributed by atoms with van der Waals surface area (Å²) in [6, 6.07) is 7.51. The number of amides is 1. The van der Waals surface area contributed by atoms with E-state index in [9.17, 15) is 13.6 Å². The number of carbonyl (C=O) groups is 1. The summed E-state index contributed by atoms with van der Waals surface area (Å²) in [4.78, 5) is 29.9. The van der Waals surface area contributed by atoms with Crippen molar-refractivity contribution in [1.29, 1.82) is 0 Å². The first-order chi connectivity index (χ1) is 18.5. The van der Waals surface area contributed by atoms with E-state index in [0.29, 0.717) is 48.1 Å². The molecule has 3 saturated heterocycles. The van der Waals surface area contributed by atoms with E-state index in [1.807, 2.05) is 24.0 Å². The van der Waals surface area contributed by atoms with Gasteiger partial charge in [-0.2, -0.15) is 0 Å². The predicted molar refractivity (Wildman–Crippen MR) is 141 cm³/mol. The molecule has 200 valence electrons. The molecular formula is C28H32F2N6O2. The number of fused-ring (bicyclic) bond motifs is 2. The lowest BCUT2D eigenvalue weighted by molar-refractivity contribution is 0.0571. The van der Waals surface area contributed by atoms with E-state index in [1.165, 1.54) is 12.5 Å². The van der Waals surface area contributed by atoms with Crippen LogP contribution in [0.25, 0.3) is 11.0 Å². The molecule has 8 nitrogen and oxygen atoms in total. The molecule has 0 saturated carbocycles. The minimum Gasteiger partial charge on any atom is -0.378 e. The maximum atomic E-state index is 13.9. The molecule has 10 heteroatoms. The number of anilines is 2. The van der Waals surface area contributed by atoms with Crippen LogP contribution in [0.3, 0.4) is 0 Å². The average molecular weight is 523 g/mol. The fraction of sp³-hybridized carbons (Fsp3) is 0.464. The van der Waals surface area contributed by atoms with Crippen LogP contribution in [0, 0.1) is 11.6 Å². The van der Waals surface area contributed by atoms with Gasteiger partial charge in [0.1, 0.15) is 5.82 Å². The Balaban J connectivity index is 1.36. The molecule has 1 N–H and O–H groups in total. The van der Waals surface area contributed by atoms with E-state index in [2.05, 4.69) is 15.1 Å². The van der Waals surface area contributed by atoms with Crippen LogP contribution in [0.5, 0.6) is 0 Å². The van der Waals surface area contributed by atoms with Crippen molar-refractivity contribution >= 4 is 28.4 Å². The number of morpholine rings is 1. The third-order valence-electron chi connectivity index (χ3n) is 7.89. The summed E-state index contributed by atoms with van der Waals surface area (Å²) in [7, 11) is 0. The average Bonchev–Trinajstić information content (AvgIpc) is 3.42. The first-order valence-corrected chi connectivity index (χ1v) is 13.3. The number of halogens is 2. The molecular weight excluding hydrogens is 490 g/mol. The first kappa shape index (κ1) is 24.9. The van der Waals surface area contributed by atoms with E-state index in [1.54, 1.807) is 6.20 Å². The maximum absolute atomic E-state index is 13.9. The van der Waals surface area contributed by atoms with Crippen LogP contribution in [0.2, 0.25) is 0 Å². The van der Waals surface area contributed by atoms with Gasteiger partial charge in [-0.25, -0.2) is 13.8 Å². The lowest BCUT2D eigenvalue weighted by Gasteiger charge is -2.37. The molecule has 3 aliphatic rings. The largest absolute Gasteiger partial charge is 0.378 e. The molecule has 1 amide bonds. The quantitative estimate of drug-likeness (QED) is 0.546. The van der Waals surface area contributed by atoms with Gasteiger partial charge >= 0.3 is 0 Å². The molecule has 2 aromatic carbocycles. The van der Waals surface area contributed by atoms with Crippen molar-refractivity contribution in [3.8, 4) is 0 Å². The monoisotopic (exact) mass is 522 g/mol. The second-order valence-electron chi connectivity index (χ2n) is 10.3. The standard InChI is InChI=1S/C28H32F2N6O2/c1-18(32-20-4-5-23(29)24(30)15-20)22-13-19(28(37)36-8-7-34-6-2-3-21(34)17-36)14-25-27(22)33-26(16-31-25)35-9-11-38-12-10-35/h4-5,13-16,18,21,32H,2-3,6-12,17H2,1H3/t18?,21-/m0/s1. The van der Waals surface area contributed by atoms with E-state index in [4.69, 9.17) is 14.7 Å². The van der Waals surface area contributed by atoms with Crippen molar-refractivity contribution in [3.05, 3.63) is 59.3 Å². The van der Waals surface area contributed by atoms with Crippen LogP contribution in [-0.4, -0.2) is 84.2 Å². The highest BCUT2D eigenvalue weighted by Gasteiger charge is 2.33. The third-order valence-corrected chi connectivity index (χ3v) is 7.89. The molecule has 3 fully saturated rings. The van der Waals surface area contributed by atoms with Gasteiger partial charge in [-0.3, -0.25) is 14.7 Å². The molecule has 0 spiro atoms. The van der Waals surface area contributed by atoms with Crippen LogP contribution < -0.4 is 10.2 Å². The highest BCUT2D eigenvalue weighted by Crippen LogP contribution is 2.30. The summed E-state index contributed by atoms with van der Waals surface area (Å²) in [5.74, 6) is -1.08. The van der Waals surface area contributed by atoms with Gasteiger partial charge in [-0.05, 0) is 50.6 Å². The molecule has 4 heterocycles. The number of piperazine rings is 1. The summed E-state index contributed by atoms with van der Waals surface area (Å²) in [5, 5.41) is 3.25. The number of nitrogens with zero attached hydrogens (tertiary/aromatic N) is 5. The maximum Gasteiger partial charge on any atom is 0.254 e. The fourth-order valence-corrected chi connectivity index (χ4v) is 5.80. The topological polar surface area (TPSA) is 73.8 Å². The van der Waals surface area contributed by atoms with E-state index >= 15 is 0 Å². The Morgan fingerprint density at radius 2 is 1.92 bits per heavy atom. The number of ether oxygens (including phenoxy) is 1. The molecule has 3 aromatic rings. The molecule has 2 atom stereocenters. The Morgan fingerprint density at radius 1 is 1.08 bits per heavy atom. The highest BCUT2D eigenvalue weighted by atomic mass is 19.2. The summed E-state index contributed by atoms with van der Waals surface area (Å²) in [5.41, 5.74) is 3.08. The molecule has 38 heavy (non-hydrogen) atoms. The Labute approximate surface area is 220 Å². The molecule has 1 unspecified atom stereocenters. The van der Waals surface area contributed by atoms with Crippen molar-refractivity contribution in [2.45, 2.75) is 31.8 Å². The van der Waals surface area contributed by atoms with Crippen molar-refractivity contribution in [2.75, 3.05) is 62.7 Å². The Kier molecular flexibility index (Phi) is 6.84. The van der Waals surface area contributed by atoms with Gasteiger partial charge in [0.2, 0.25) is 0 Å². The second kappa shape index (κ2) is 10.4. The molecule has 0 aliphatic carbocycles. The number of carbonyl (C=O) groups excluding carboxylic acids is 1. The van der Waals surface area contributed by atoms with Crippen molar-refractivity contribution in [1.82, 2.24) is 19.8 Å². The van der Waals surface area contributed by atoms with Crippen LogP contribution in [-0.2, 0) is 4.74 Å². The molecule has 0 radical (unpaired) electrons. The lowest BCUT2D eigenvalue weighted by Crippen LogP contribution is -2.52. The van der Waals surface area contributed by atoms with Crippen molar-refractivity contribution in [3.63, 3.8) is 0 Å². The molecule has 3 aliphatic heterocycles. The van der Waals surface area contributed by atoms with Crippen LogP contribution >= 0.6 is 0 Å².